The van der Waals surface area contributed by atoms with Gasteiger partial charge >= 0.3 is 0 Å². The van der Waals surface area contributed by atoms with Gasteiger partial charge in [-0.05, 0) is 0 Å². The SMILES string of the molecule is C=CCOCCOCCOCCOCCN(C)C(=O)C(C)(C)C. The molecule has 6 heteroatoms. The fourth-order valence-electron chi connectivity index (χ4n) is 1.70. The van der Waals surface area contributed by atoms with Crippen molar-refractivity contribution < 1.29 is 23.7 Å². The average molecular weight is 331 g/mol. The third kappa shape index (κ3) is 13.2. The molecule has 0 aromatic heterocycles. The van der Waals surface area contributed by atoms with Gasteiger partial charge in [0.25, 0.3) is 0 Å². The van der Waals surface area contributed by atoms with Gasteiger partial charge in [-0.2, -0.15) is 0 Å². The quantitative estimate of drug-likeness (QED) is 0.358. The maximum absolute atomic E-state index is 11.9. The third-order valence-electron chi connectivity index (χ3n) is 2.91. The smallest absolute Gasteiger partial charge is 0.227 e. The van der Waals surface area contributed by atoms with Gasteiger partial charge in [0.15, 0.2) is 0 Å². The number of likely N-dealkylation sites (N-methyl/N-ethyl adjacent to an activating group) is 1. The first-order chi connectivity index (χ1) is 10.9. The van der Waals surface area contributed by atoms with Crippen molar-refractivity contribution in [3.05, 3.63) is 12.7 Å². The lowest BCUT2D eigenvalue weighted by Crippen LogP contribution is -2.38. The zero-order chi connectivity index (χ0) is 17.6. The summed E-state index contributed by atoms with van der Waals surface area (Å²) in [6.45, 7) is 14.2. The Morgan fingerprint density at radius 2 is 1.35 bits per heavy atom. The molecule has 0 bridgehead atoms. The van der Waals surface area contributed by atoms with Crippen LogP contribution in [0.3, 0.4) is 0 Å². The first kappa shape index (κ1) is 22.1. The molecular formula is C17H33NO5. The van der Waals surface area contributed by atoms with Crippen LogP contribution < -0.4 is 0 Å². The van der Waals surface area contributed by atoms with Gasteiger partial charge in [-0.1, -0.05) is 26.8 Å². The van der Waals surface area contributed by atoms with Gasteiger partial charge in [0.05, 0.1) is 52.9 Å². The van der Waals surface area contributed by atoms with Crippen molar-refractivity contribution in [1.29, 1.82) is 0 Å². The van der Waals surface area contributed by atoms with Gasteiger partial charge in [-0.3, -0.25) is 4.79 Å². The Bertz CT molecular complexity index is 315. The summed E-state index contributed by atoms with van der Waals surface area (Å²) < 4.78 is 21.3. The molecule has 0 atom stereocenters. The second kappa shape index (κ2) is 13.5. The topological polar surface area (TPSA) is 57.2 Å². The molecule has 0 aliphatic carbocycles. The highest BCUT2D eigenvalue weighted by Gasteiger charge is 2.24. The molecule has 0 fully saturated rings. The van der Waals surface area contributed by atoms with Crippen molar-refractivity contribution in [3.63, 3.8) is 0 Å². The number of hydrogen-bond acceptors (Lipinski definition) is 5. The van der Waals surface area contributed by atoms with E-state index in [1.54, 1.807) is 18.0 Å². The highest BCUT2D eigenvalue weighted by atomic mass is 16.6. The van der Waals surface area contributed by atoms with Gasteiger partial charge < -0.3 is 23.8 Å². The van der Waals surface area contributed by atoms with Gasteiger partial charge in [0, 0.05) is 19.0 Å². The largest absolute Gasteiger partial charge is 0.377 e. The first-order valence-electron chi connectivity index (χ1n) is 8.07. The van der Waals surface area contributed by atoms with Crippen molar-refractivity contribution in [2.75, 3.05) is 66.4 Å². The predicted octanol–water partition coefficient (Wildman–Crippen LogP) is 1.74. The Balaban J connectivity index is 3.31. The number of ether oxygens (including phenoxy) is 4. The molecule has 0 N–H and O–H groups in total. The van der Waals surface area contributed by atoms with E-state index in [1.807, 2.05) is 20.8 Å². The highest BCUT2D eigenvalue weighted by molar-refractivity contribution is 5.81. The summed E-state index contributed by atoms with van der Waals surface area (Å²) in [6, 6.07) is 0. The summed E-state index contributed by atoms with van der Waals surface area (Å²) in [7, 11) is 1.80. The number of rotatable bonds is 14. The molecule has 0 heterocycles. The molecule has 0 saturated carbocycles. The molecule has 0 aliphatic rings. The fraction of sp³-hybridized carbons (Fsp3) is 0.824. The molecular weight excluding hydrogens is 298 g/mol. The van der Waals surface area contributed by atoms with E-state index in [-0.39, 0.29) is 11.3 Å². The molecule has 0 rings (SSSR count). The molecule has 136 valence electrons. The minimum absolute atomic E-state index is 0.117. The minimum Gasteiger partial charge on any atom is -0.377 e. The summed E-state index contributed by atoms with van der Waals surface area (Å²) in [4.78, 5) is 13.6. The Morgan fingerprint density at radius 3 is 1.78 bits per heavy atom. The fourth-order valence-corrected chi connectivity index (χ4v) is 1.70. The maximum atomic E-state index is 11.9. The summed E-state index contributed by atoms with van der Waals surface area (Å²) in [5.41, 5.74) is -0.353. The molecule has 0 aliphatic heterocycles. The second-order valence-electron chi connectivity index (χ2n) is 6.18. The minimum atomic E-state index is -0.353. The van der Waals surface area contributed by atoms with E-state index < -0.39 is 0 Å². The van der Waals surface area contributed by atoms with Crippen LogP contribution in [0.1, 0.15) is 20.8 Å². The zero-order valence-electron chi connectivity index (χ0n) is 15.1. The van der Waals surface area contributed by atoms with E-state index in [4.69, 9.17) is 18.9 Å². The summed E-state index contributed by atoms with van der Waals surface area (Å²) in [5, 5.41) is 0. The Kier molecular flexibility index (Phi) is 12.9. The maximum Gasteiger partial charge on any atom is 0.227 e. The van der Waals surface area contributed by atoms with E-state index in [9.17, 15) is 4.79 Å². The lowest BCUT2D eigenvalue weighted by molar-refractivity contribution is -0.138. The van der Waals surface area contributed by atoms with Gasteiger partial charge in [0.1, 0.15) is 0 Å². The second-order valence-corrected chi connectivity index (χ2v) is 6.18. The zero-order valence-corrected chi connectivity index (χ0v) is 15.1. The van der Waals surface area contributed by atoms with Crippen LogP contribution in [-0.2, 0) is 23.7 Å². The molecule has 23 heavy (non-hydrogen) atoms. The van der Waals surface area contributed by atoms with Crippen molar-refractivity contribution >= 4 is 5.91 Å². The predicted molar refractivity (Wildman–Crippen MR) is 90.6 cm³/mol. The normalized spacial score (nSPS) is 11.5. The van der Waals surface area contributed by atoms with Gasteiger partial charge in [0.2, 0.25) is 5.91 Å². The summed E-state index contributed by atoms with van der Waals surface area (Å²) >= 11 is 0. The van der Waals surface area contributed by atoms with Gasteiger partial charge in [-0.15, -0.1) is 6.58 Å². The van der Waals surface area contributed by atoms with E-state index in [0.29, 0.717) is 59.4 Å². The molecule has 0 radical (unpaired) electrons. The van der Waals surface area contributed by atoms with E-state index in [0.717, 1.165) is 0 Å². The van der Waals surface area contributed by atoms with Crippen molar-refractivity contribution in [1.82, 2.24) is 4.90 Å². The Morgan fingerprint density at radius 1 is 0.913 bits per heavy atom. The Labute approximate surface area is 140 Å². The van der Waals surface area contributed by atoms with Crippen molar-refractivity contribution in [3.8, 4) is 0 Å². The number of carbonyl (C=O) groups is 1. The highest BCUT2D eigenvalue weighted by Crippen LogP contribution is 2.15. The number of hydrogen-bond donors (Lipinski definition) is 0. The van der Waals surface area contributed by atoms with Crippen LogP contribution in [0.25, 0.3) is 0 Å². The lowest BCUT2D eigenvalue weighted by Gasteiger charge is -2.25. The monoisotopic (exact) mass is 331 g/mol. The Hall–Kier alpha value is -0.950. The van der Waals surface area contributed by atoms with Crippen molar-refractivity contribution in [2.24, 2.45) is 5.41 Å². The van der Waals surface area contributed by atoms with Crippen LogP contribution in [0.2, 0.25) is 0 Å². The molecule has 0 spiro atoms. The van der Waals surface area contributed by atoms with Crippen LogP contribution >= 0.6 is 0 Å². The number of amides is 1. The van der Waals surface area contributed by atoms with E-state index in [2.05, 4.69) is 6.58 Å². The van der Waals surface area contributed by atoms with Crippen molar-refractivity contribution in [2.45, 2.75) is 20.8 Å². The van der Waals surface area contributed by atoms with Gasteiger partial charge in [-0.25, -0.2) is 0 Å². The van der Waals surface area contributed by atoms with Crippen LogP contribution in [0.15, 0.2) is 12.7 Å². The molecule has 1 amide bonds. The van der Waals surface area contributed by atoms with Crippen LogP contribution in [-0.4, -0.2) is 77.3 Å². The van der Waals surface area contributed by atoms with E-state index in [1.165, 1.54) is 0 Å². The average Bonchev–Trinajstić information content (AvgIpc) is 2.50. The lowest BCUT2D eigenvalue weighted by atomic mass is 9.95. The third-order valence-corrected chi connectivity index (χ3v) is 2.91. The molecule has 0 saturated heterocycles. The summed E-state index contributed by atoms with van der Waals surface area (Å²) in [5.74, 6) is 0.117. The molecule has 0 aromatic rings. The standard InChI is InChI=1S/C17H33NO5/c1-6-8-20-10-12-22-14-15-23-13-11-21-9-7-18(5)16(19)17(2,3)4/h6H,1,7-15H2,2-5H3. The molecule has 0 unspecified atom stereocenters. The van der Waals surface area contributed by atoms with Crippen LogP contribution in [0.4, 0.5) is 0 Å². The summed E-state index contributed by atoms with van der Waals surface area (Å²) in [6.07, 6.45) is 1.71. The number of nitrogens with zero attached hydrogens (tertiary/aromatic N) is 1. The molecule has 6 nitrogen and oxygen atoms in total. The van der Waals surface area contributed by atoms with E-state index >= 15 is 0 Å². The van der Waals surface area contributed by atoms with Crippen LogP contribution in [0.5, 0.6) is 0 Å². The van der Waals surface area contributed by atoms with Crippen LogP contribution in [0, 0.1) is 5.41 Å². The molecule has 0 aromatic carbocycles. The first-order valence-corrected chi connectivity index (χ1v) is 8.07. The number of carbonyl (C=O) groups excluding carboxylic acids is 1.